The van der Waals surface area contributed by atoms with Crippen molar-refractivity contribution in [3.05, 3.63) is 0 Å². The summed E-state index contributed by atoms with van der Waals surface area (Å²) in [6, 6.07) is 0. The van der Waals surface area contributed by atoms with Crippen LogP contribution in [0.2, 0.25) is 0 Å². The third kappa shape index (κ3) is 62.8. The van der Waals surface area contributed by atoms with E-state index in [1.54, 1.807) is 0 Å². The Hall–Kier alpha value is 0.760. The second-order valence-electron chi connectivity index (χ2n) is 0.304. The van der Waals surface area contributed by atoms with E-state index in [9.17, 15) is 0 Å². The van der Waals surface area contributed by atoms with Crippen molar-refractivity contribution < 1.29 is 35.8 Å². The van der Waals surface area contributed by atoms with Crippen LogP contribution in [-0.4, -0.2) is 5.37 Å². The molecule has 0 aromatic heterocycles. The normalized spacial score (nSPS) is 5.00. The van der Waals surface area contributed by atoms with E-state index >= 15 is 0 Å². The van der Waals surface area contributed by atoms with E-state index in [0.29, 0.717) is 0 Å². The zero-order valence-corrected chi connectivity index (χ0v) is 5.62. The van der Waals surface area contributed by atoms with Gasteiger partial charge in [0.15, 0.2) is 0 Å². The van der Waals surface area contributed by atoms with Gasteiger partial charge in [-0.3, -0.25) is 4.79 Å². The van der Waals surface area contributed by atoms with Gasteiger partial charge < -0.3 is 7.16 Å². The van der Waals surface area contributed by atoms with Crippen molar-refractivity contribution in [1.29, 1.82) is 0 Å². The molecule has 5 heavy (non-hydrogen) atoms. The maximum absolute atomic E-state index is 8.99. The molecule has 0 saturated heterocycles. The van der Waals surface area contributed by atoms with Crippen molar-refractivity contribution in [2.75, 3.05) is 0 Å². The van der Waals surface area contributed by atoms with Gasteiger partial charge in [0.2, 0.25) is 0 Å². The van der Waals surface area contributed by atoms with Crippen LogP contribution in [0.1, 0.15) is 1.43 Å². The van der Waals surface area contributed by atoms with Crippen LogP contribution in [0.4, 0.5) is 4.79 Å². The van der Waals surface area contributed by atoms with Crippen molar-refractivity contribution in [3.63, 3.8) is 0 Å². The summed E-state index contributed by atoms with van der Waals surface area (Å²) in [5, 5.41) is -0.861. The number of nitrogens with two attached hydrogens (primary N) is 1. The molecule has 0 aromatic carbocycles. The molecule has 0 spiro atoms. The van der Waals surface area contributed by atoms with Gasteiger partial charge in [-0.15, -0.1) is 0 Å². The number of hydrogen-bond acceptors (Lipinski definition) is 1. The second-order valence-corrected chi connectivity index (χ2v) is 0.677. The van der Waals surface area contributed by atoms with Gasteiger partial charge >= 0.3 is 34.9 Å². The van der Waals surface area contributed by atoms with Crippen LogP contribution in [0.5, 0.6) is 0 Å². The summed E-state index contributed by atoms with van der Waals surface area (Å²) < 4.78 is 0. The molecule has 0 unspecified atom stereocenters. The predicted molar refractivity (Wildman–Crippen MR) is 16.5 cm³/mol. The van der Waals surface area contributed by atoms with Crippen molar-refractivity contribution in [2.24, 2.45) is 5.73 Å². The van der Waals surface area contributed by atoms with Crippen molar-refractivity contribution in [3.8, 4) is 0 Å². The number of hydrogen-bond donors (Lipinski definition) is 1. The molecule has 0 aliphatic heterocycles. The zero-order chi connectivity index (χ0) is 3.58. The maximum Gasteiger partial charge on any atom is 1.00 e. The Labute approximate surface area is 58.4 Å². The molecule has 26 valence electrons. The largest absolute Gasteiger partial charge is 1.00 e. The van der Waals surface area contributed by atoms with E-state index in [2.05, 4.69) is 17.3 Å². The molecule has 0 rings (SSSR count). The number of carbonyl (C=O) groups excluding carboxylic acids is 1. The van der Waals surface area contributed by atoms with Crippen LogP contribution >= 0.6 is 11.6 Å². The fraction of sp³-hybridized carbons (Fsp3) is 0. The minimum atomic E-state index is -0.861. The number of halogens is 1. The third-order valence-electron chi connectivity index (χ3n) is 0. The summed E-state index contributed by atoms with van der Waals surface area (Å²) in [4.78, 5) is 8.99. The fourth-order valence-corrected chi connectivity index (χ4v) is 0. The van der Waals surface area contributed by atoms with Crippen molar-refractivity contribution in [1.82, 2.24) is 0 Å². The minimum absolute atomic E-state index is 0. The fourth-order valence-electron chi connectivity index (χ4n) is 0. The van der Waals surface area contributed by atoms with Crippen molar-refractivity contribution in [2.45, 2.75) is 0 Å². The van der Waals surface area contributed by atoms with Crippen molar-refractivity contribution >= 4 is 17.0 Å². The topological polar surface area (TPSA) is 43.1 Å². The first-order valence-corrected chi connectivity index (χ1v) is 1.06. The molecule has 0 radical (unpaired) electrons. The number of carbonyl (C=O) groups is 1. The summed E-state index contributed by atoms with van der Waals surface area (Å²) in [6.45, 7) is 0. The van der Waals surface area contributed by atoms with E-state index in [0.717, 1.165) is 0 Å². The minimum Gasteiger partial charge on any atom is -1.00 e. The zero-order valence-electron chi connectivity index (χ0n) is 3.86. The maximum atomic E-state index is 8.99. The monoisotopic (exact) mass is 103 g/mol. The average molecular weight is 103 g/mol. The number of rotatable bonds is 0. The summed E-state index contributed by atoms with van der Waals surface area (Å²) in [5.74, 6) is 0. The first kappa shape index (κ1) is 9.23. The Morgan fingerprint density at radius 2 is 2.00 bits per heavy atom. The van der Waals surface area contributed by atoms with Crippen LogP contribution < -0.4 is 35.3 Å². The molecule has 1 amide bonds. The van der Waals surface area contributed by atoms with E-state index in [4.69, 9.17) is 4.79 Å². The molecule has 0 heterocycles. The summed E-state index contributed by atoms with van der Waals surface area (Å²) in [7, 11) is 0. The Morgan fingerprint density at radius 3 is 2.00 bits per heavy atom. The van der Waals surface area contributed by atoms with E-state index in [-0.39, 0.29) is 31.0 Å². The molecule has 0 aliphatic carbocycles. The molecule has 0 atom stereocenters. The summed E-state index contributed by atoms with van der Waals surface area (Å²) in [5.41, 5.74) is 4.24. The van der Waals surface area contributed by atoms with E-state index < -0.39 is 5.37 Å². The Kier molecular flexibility index (Phi) is 8.79. The quantitative estimate of drug-likeness (QED) is 0.204. The molecule has 2 nitrogen and oxygen atoms in total. The summed E-state index contributed by atoms with van der Waals surface area (Å²) >= 11 is 4.41. The molecule has 0 aliphatic rings. The van der Waals surface area contributed by atoms with Gasteiger partial charge in [0.05, 0.1) is 0 Å². The van der Waals surface area contributed by atoms with E-state index in [1.807, 2.05) is 0 Å². The van der Waals surface area contributed by atoms with Gasteiger partial charge in [0, 0.05) is 0 Å². The third-order valence-corrected chi connectivity index (χ3v) is 0. The first-order chi connectivity index (χ1) is 1.73. The molecule has 0 saturated carbocycles. The first-order valence-electron chi connectivity index (χ1n) is 0.682. The number of amides is 1. The van der Waals surface area contributed by atoms with Gasteiger partial charge in [-0.2, -0.15) is 0 Å². The van der Waals surface area contributed by atoms with Gasteiger partial charge in [-0.05, 0) is 11.6 Å². The molecule has 0 fully saturated rings. The van der Waals surface area contributed by atoms with Gasteiger partial charge in [-0.1, -0.05) is 0 Å². The van der Waals surface area contributed by atoms with Crippen LogP contribution in [0, 0.1) is 0 Å². The van der Waals surface area contributed by atoms with Crippen LogP contribution in [0.3, 0.4) is 0 Å². The summed E-state index contributed by atoms with van der Waals surface area (Å²) in [6.07, 6.45) is 0. The second kappa shape index (κ2) is 4.76. The van der Waals surface area contributed by atoms with Crippen LogP contribution in [-0.2, 0) is 0 Å². The van der Waals surface area contributed by atoms with E-state index in [1.165, 1.54) is 0 Å². The molecule has 2 N–H and O–H groups in total. The van der Waals surface area contributed by atoms with Crippen LogP contribution in [0.15, 0.2) is 0 Å². The SMILES string of the molecule is NC(=O)Cl.[H-].[Na+]. The standard InChI is InChI=1S/CH2ClNO.Na.H/c2-1(3)4;;/h(H2,3,4);;/q;+1;-1. The van der Waals surface area contributed by atoms with Crippen LogP contribution in [0.25, 0.3) is 0 Å². The van der Waals surface area contributed by atoms with Gasteiger partial charge in [0.25, 0.3) is 0 Å². The predicted octanol–water partition coefficient (Wildman–Crippen LogP) is -2.58. The Balaban J connectivity index is -0.0000000450. The molecular weight excluding hydrogens is 100 g/mol. The number of primary amides is 1. The molecule has 4 heteroatoms. The Morgan fingerprint density at radius 1 is 2.00 bits per heavy atom. The average Bonchev–Trinajstić information content (AvgIpc) is 0.811. The molecular formula is CH3ClNNaO. The molecule has 0 aromatic rings. The Bertz CT molecular complexity index is 38.5. The van der Waals surface area contributed by atoms with Gasteiger partial charge in [-0.25, -0.2) is 0 Å². The molecule has 0 bridgehead atoms. The van der Waals surface area contributed by atoms with Gasteiger partial charge in [0.1, 0.15) is 0 Å². The smallest absolute Gasteiger partial charge is 1.00 e.